The molecule has 3 rings (SSSR count). The van der Waals surface area contributed by atoms with Gasteiger partial charge in [-0.25, -0.2) is 18.6 Å². The number of aromatic hydroxyl groups is 2. The number of hydrazone groups is 1. The van der Waals surface area contributed by atoms with Gasteiger partial charge in [-0.2, -0.15) is 5.10 Å². The minimum absolute atomic E-state index is 0.00138. The highest BCUT2D eigenvalue weighted by atomic mass is 35.5. The van der Waals surface area contributed by atoms with Crippen molar-refractivity contribution in [3.05, 3.63) is 22.7 Å². The summed E-state index contributed by atoms with van der Waals surface area (Å²) in [5.74, 6) is -4.14. The molecule has 36 heavy (non-hydrogen) atoms. The number of fused-ring (bicyclic) bond motifs is 1. The SMILES string of the molecule is C[C@]1(/C=N/NC(=O)CCCCCNC(=O)c2ccc(O)c(O)c2Cl)[C@H](C(=O)O)N2C(=O)C[C@H]2S1(=O)=O. The van der Waals surface area contributed by atoms with Crippen molar-refractivity contribution < 1.29 is 42.9 Å². The maximum absolute atomic E-state index is 12.8. The van der Waals surface area contributed by atoms with Gasteiger partial charge in [-0.3, -0.25) is 14.4 Å². The first-order valence-corrected chi connectivity index (χ1v) is 12.8. The first kappa shape index (κ1) is 27.2. The number of carboxylic acid groups (broad SMARTS) is 1. The van der Waals surface area contributed by atoms with Crippen molar-refractivity contribution >= 4 is 51.3 Å². The number of carbonyl (C=O) groups is 4. The molecule has 0 aliphatic carbocycles. The molecular weight excluding hydrogens is 520 g/mol. The Balaban J connectivity index is 1.42. The molecule has 1 aromatic rings. The van der Waals surface area contributed by atoms with Gasteiger partial charge in [0.1, 0.15) is 10.1 Å². The van der Waals surface area contributed by atoms with E-state index in [4.69, 9.17) is 11.6 Å². The fraction of sp³-hybridized carbons (Fsp3) is 0.476. The van der Waals surface area contributed by atoms with Gasteiger partial charge in [0.15, 0.2) is 27.4 Å². The van der Waals surface area contributed by atoms with Crippen LogP contribution in [-0.2, 0) is 24.2 Å². The van der Waals surface area contributed by atoms with E-state index in [1.807, 2.05) is 0 Å². The summed E-state index contributed by atoms with van der Waals surface area (Å²) in [6, 6.07) is 0.779. The molecule has 2 aliphatic rings. The van der Waals surface area contributed by atoms with E-state index in [-0.39, 0.29) is 30.0 Å². The van der Waals surface area contributed by atoms with E-state index in [1.54, 1.807) is 0 Å². The van der Waals surface area contributed by atoms with Crippen LogP contribution >= 0.6 is 11.6 Å². The van der Waals surface area contributed by atoms with Gasteiger partial charge < -0.3 is 25.5 Å². The zero-order valence-electron chi connectivity index (χ0n) is 19.1. The predicted octanol–water partition coefficient (Wildman–Crippen LogP) is 0.342. The number of nitrogens with zero attached hydrogens (tertiary/aromatic N) is 2. The quantitative estimate of drug-likeness (QED) is 0.0904. The minimum atomic E-state index is -4.06. The average Bonchev–Trinajstić information content (AvgIpc) is 2.94. The third-order valence-electron chi connectivity index (χ3n) is 6.19. The van der Waals surface area contributed by atoms with Crippen molar-refractivity contribution in [2.24, 2.45) is 5.10 Å². The summed E-state index contributed by atoms with van der Waals surface area (Å²) in [5.41, 5.74) is 2.18. The lowest BCUT2D eigenvalue weighted by Crippen LogP contribution is -2.57. The molecule has 2 saturated heterocycles. The summed E-state index contributed by atoms with van der Waals surface area (Å²) in [5, 5.41) is 33.2. The van der Waals surface area contributed by atoms with Crippen molar-refractivity contribution in [3.8, 4) is 11.5 Å². The number of unbranched alkanes of at least 4 members (excludes halogenated alkanes) is 2. The smallest absolute Gasteiger partial charge is 0.328 e. The molecule has 15 heteroatoms. The van der Waals surface area contributed by atoms with Crippen molar-refractivity contribution in [2.75, 3.05) is 6.54 Å². The van der Waals surface area contributed by atoms with Crippen LogP contribution in [0.25, 0.3) is 0 Å². The zero-order chi connectivity index (χ0) is 26.8. The Morgan fingerprint density at radius 3 is 2.58 bits per heavy atom. The summed E-state index contributed by atoms with van der Waals surface area (Å²) < 4.78 is 23.5. The molecule has 0 spiro atoms. The second-order valence-corrected chi connectivity index (χ2v) is 11.5. The van der Waals surface area contributed by atoms with Crippen molar-refractivity contribution in [1.82, 2.24) is 15.6 Å². The van der Waals surface area contributed by atoms with Crippen LogP contribution < -0.4 is 10.7 Å². The Morgan fingerprint density at radius 1 is 1.25 bits per heavy atom. The van der Waals surface area contributed by atoms with Crippen LogP contribution in [0.4, 0.5) is 0 Å². The number of halogens is 1. The number of hydrogen-bond acceptors (Lipinski definition) is 9. The Kier molecular flexibility index (Phi) is 7.79. The number of carbonyl (C=O) groups excluding carboxylic acids is 3. The topological polar surface area (TPSA) is 203 Å². The fourth-order valence-electron chi connectivity index (χ4n) is 4.11. The number of β-lactam (4-membered cyclic amide) rings is 1. The second kappa shape index (κ2) is 10.3. The highest BCUT2D eigenvalue weighted by Gasteiger charge is 2.69. The molecule has 3 amide bonds. The zero-order valence-corrected chi connectivity index (χ0v) is 20.7. The van der Waals surface area contributed by atoms with Crippen LogP contribution in [0, 0.1) is 0 Å². The number of hydrogen-bond donors (Lipinski definition) is 5. The Labute approximate surface area is 211 Å². The standard InChI is InChI=1S/C21H25ClN4O9S/c1-21(18(20(32)33)26-14(29)9-15(26)36(21,34)35)10-24-25-13(28)5-3-2-4-8-23-19(31)11-6-7-12(27)17(30)16(11)22/h6-7,10,15,18,27,30H,2-5,8-9H2,1H3,(H,23,31)(H,25,28)(H,32,33)/b24-10+/t15-,18+,21+/m1/s1. The normalized spacial score (nSPS) is 24.3. The van der Waals surface area contributed by atoms with Crippen LogP contribution in [0.2, 0.25) is 5.02 Å². The molecule has 0 saturated carbocycles. The molecular formula is C21H25ClN4O9S. The minimum Gasteiger partial charge on any atom is -0.504 e. The van der Waals surface area contributed by atoms with Gasteiger partial charge in [0.2, 0.25) is 11.8 Å². The lowest BCUT2D eigenvalue weighted by Gasteiger charge is -2.35. The number of carboxylic acids is 1. The van der Waals surface area contributed by atoms with Crippen molar-refractivity contribution in [2.45, 2.75) is 55.2 Å². The van der Waals surface area contributed by atoms with Gasteiger partial charge in [0.05, 0.1) is 17.0 Å². The van der Waals surface area contributed by atoms with E-state index >= 15 is 0 Å². The van der Waals surface area contributed by atoms with Crippen molar-refractivity contribution in [1.29, 1.82) is 0 Å². The van der Waals surface area contributed by atoms with Gasteiger partial charge in [0, 0.05) is 19.2 Å². The first-order valence-electron chi connectivity index (χ1n) is 10.9. The van der Waals surface area contributed by atoms with Gasteiger partial charge in [0.25, 0.3) is 5.91 Å². The molecule has 5 N–H and O–H groups in total. The van der Waals surface area contributed by atoms with Crippen LogP contribution in [0.15, 0.2) is 17.2 Å². The fourth-order valence-corrected chi connectivity index (χ4v) is 6.56. The Morgan fingerprint density at radius 2 is 1.94 bits per heavy atom. The monoisotopic (exact) mass is 544 g/mol. The summed E-state index contributed by atoms with van der Waals surface area (Å²) in [7, 11) is -4.06. The third kappa shape index (κ3) is 4.82. The van der Waals surface area contributed by atoms with E-state index in [9.17, 15) is 42.9 Å². The summed E-state index contributed by atoms with van der Waals surface area (Å²) >= 11 is 5.84. The van der Waals surface area contributed by atoms with E-state index in [2.05, 4.69) is 15.8 Å². The number of sulfone groups is 1. The van der Waals surface area contributed by atoms with E-state index in [1.165, 1.54) is 6.07 Å². The van der Waals surface area contributed by atoms with Crippen LogP contribution in [0.1, 0.15) is 49.4 Å². The second-order valence-electron chi connectivity index (χ2n) is 8.58. The molecule has 0 bridgehead atoms. The number of aliphatic carboxylic acids is 1. The van der Waals surface area contributed by atoms with Crippen LogP contribution in [0.3, 0.4) is 0 Å². The molecule has 196 valence electrons. The van der Waals surface area contributed by atoms with Crippen LogP contribution in [0.5, 0.6) is 11.5 Å². The maximum Gasteiger partial charge on any atom is 0.328 e. The number of amides is 3. The Hall–Kier alpha value is -3.39. The lowest BCUT2D eigenvalue weighted by molar-refractivity contribution is -0.156. The molecule has 0 unspecified atom stereocenters. The molecule has 0 aromatic heterocycles. The van der Waals surface area contributed by atoms with Gasteiger partial charge >= 0.3 is 5.97 Å². The van der Waals surface area contributed by atoms with Gasteiger partial charge in [-0.15, -0.1) is 0 Å². The summed E-state index contributed by atoms with van der Waals surface area (Å²) in [6.07, 6.45) is 2.11. The van der Waals surface area contributed by atoms with Gasteiger partial charge in [-0.1, -0.05) is 18.0 Å². The Bertz CT molecular complexity index is 1240. The average molecular weight is 545 g/mol. The number of phenols is 2. The van der Waals surface area contributed by atoms with Gasteiger partial charge in [-0.05, 0) is 31.9 Å². The number of phenolic OH excluding ortho intramolecular Hbond substituents is 2. The molecule has 2 heterocycles. The van der Waals surface area contributed by atoms with E-state index < -0.39 is 61.2 Å². The molecule has 3 atom stereocenters. The first-order chi connectivity index (χ1) is 16.8. The largest absolute Gasteiger partial charge is 0.504 e. The highest BCUT2D eigenvalue weighted by Crippen LogP contribution is 2.45. The molecule has 2 fully saturated rings. The van der Waals surface area contributed by atoms with Crippen molar-refractivity contribution in [3.63, 3.8) is 0 Å². The summed E-state index contributed by atoms with van der Waals surface area (Å²) in [6.45, 7) is 1.42. The lowest BCUT2D eigenvalue weighted by atomic mass is 9.97. The molecule has 0 radical (unpaired) electrons. The van der Waals surface area contributed by atoms with Crippen LogP contribution in [-0.4, -0.2) is 81.3 Å². The number of benzene rings is 1. The number of rotatable bonds is 10. The molecule has 1 aromatic carbocycles. The maximum atomic E-state index is 12.8. The predicted molar refractivity (Wildman–Crippen MR) is 126 cm³/mol. The number of nitrogens with one attached hydrogen (secondary N) is 2. The van der Waals surface area contributed by atoms with E-state index in [0.29, 0.717) is 19.3 Å². The highest BCUT2D eigenvalue weighted by molar-refractivity contribution is 7.94. The molecule has 13 nitrogen and oxygen atoms in total. The third-order valence-corrected chi connectivity index (χ3v) is 9.24. The molecule has 2 aliphatic heterocycles. The van der Waals surface area contributed by atoms with E-state index in [0.717, 1.165) is 24.1 Å². The summed E-state index contributed by atoms with van der Waals surface area (Å²) in [4.78, 5) is 48.4.